The molecule has 1 aliphatic rings. The highest BCUT2D eigenvalue weighted by molar-refractivity contribution is 6.42. The molecule has 0 aromatic heterocycles. The van der Waals surface area contributed by atoms with E-state index in [0.717, 1.165) is 5.56 Å². The Hall–Kier alpha value is -1.26. The molecule has 2 rings (SSSR count). The zero-order valence-corrected chi connectivity index (χ0v) is 13.2. The van der Waals surface area contributed by atoms with Crippen LogP contribution in [0, 0.1) is 5.92 Å². The minimum atomic E-state index is -0.839. The molecule has 1 saturated heterocycles. The number of hydrogen-bond acceptors (Lipinski definition) is 2. The summed E-state index contributed by atoms with van der Waals surface area (Å²) < 4.78 is 0. The SMILES string of the molecule is C[C@H]1CC[C@@H](C(=O)O)CN1C(=O)Cc1ccc(Cl)c(Cl)c1. The second kappa shape index (κ2) is 6.67. The highest BCUT2D eigenvalue weighted by Crippen LogP contribution is 2.25. The van der Waals surface area contributed by atoms with Gasteiger partial charge < -0.3 is 10.0 Å². The molecule has 1 N–H and O–H groups in total. The van der Waals surface area contributed by atoms with E-state index in [-0.39, 0.29) is 24.9 Å². The van der Waals surface area contributed by atoms with E-state index in [1.807, 2.05) is 6.92 Å². The molecule has 0 aliphatic carbocycles. The van der Waals surface area contributed by atoms with Crippen molar-refractivity contribution in [3.8, 4) is 0 Å². The number of piperidine rings is 1. The van der Waals surface area contributed by atoms with Gasteiger partial charge in [-0.15, -0.1) is 0 Å². The van der Waals surface area contributed by atoms with E-state index in [9.17, 15) is 9.59 Å². The van der Waals surface area contributed by atoms with E-state index in [0.29, 0.717) is 22.9 Å². The fourth-order valence-electron chi connectivity index (χ4n) is 2.58. The lowest BCUT2D eigenvalue weighted by Crippen LogP contribution is -2.47. The first-order valence-corrected chi connectivity index (χ1v) is 7.60. The van der Waals surface area contributed by atoms with Crippen LogP contribution in [0.15, 0.2) is 18.2 Å². The van der Waals surface area contributed by atoms with Crippen LogP contribution in [0.1, 0.15) is 25.3 Å². The lowest BCUT2D eigenvalue weighted by Gasteiger charge is -2.36. The van der Waals surface area contributed by atoms with E-state index in [2.05, 4.69) is 0 Å². The van der Waals surface area contributed by atoms with Gasteiger partial charge in [0.05, 0.1) is 22.4 Å². The minimum absolute atomic E-state index is 0.0656. The number of likely N-dealkylation sites (tertiary alicyclic amines) is 1. The molecule has 114 valence electrons. The highest BCUT2D eigenvalue weighted by atomic mass is 35.5. The van der Waals surface area contributed by atoms with Crippen LogP contribution in [0.3, 0.4) is 0 Å². The molecular weight excluding hydrogens is 313 g/mol. The molecule has 1 aromatic carbocycles. The number of nitrogens with zero attached hydrogens (tertiary/aromatic N) is 1. The largest absolute Gasteiger partial charge is 0.481 e. The Morgan fingerprint density at radius 3 is 2.62 bits per heavy atom. The number of carboxylic acids is 1. The average Bonchev–Trinajstić information content (AvgIpc) is 2.43. The Kier molecular flexibility index (Phi) is 5.12. The summed E-state index contributed by atoms with van der Waals surface area (Å²) >= 11 is 11.8. The van der Waals surface area contributed by atoms with Crippen LogP contribution in [0.25, 0.3) is 0 Å². The number of carbonyl (C=O) groups excluding carboxylic acids is 1. The Balaban J connectivity index is 2.07. The first-order chi connectivity index (χ1) is 9.88. The normalized spacial score (nSPS) is 22.1. The van der Waals surface area contributed by atoms with Crippen LogP contribution < -0.4 is 0 Å². The highest BCUT2D eigenvalue weighted by Gasteiger charge is 2.32. The van der Waals surface area contributed by atoms with Crippen LogP contribution in [-0.4, -0.2) is 34.5 Å². The molecule has 0 bridgehead atoms. The minimum Gasteiger partial charge on any atom is -0.481 e. The molecular formula is C15H17Cl2NO3. The second-order valence-electron chi connectivity index (χ2n) is 5.43. The van der Waals surface area contributed by atoms with E-state index in [4.69, 9.17) is 28.3 Å². The molecule has 1 amide bonds. The van der Waals surface area contributed by atoms with Gasteiger partial charge in [0.1, 0.15) is 0 Å². The Morgan fingerprint density at radius 2 is 2.00 bits per heavy atom. The quantitative estimate of drug-likeness (QED) is 0.926. The summed E-state index contributed by atoms with van der Waals surface area (Å²) in [5.41, 5.74) is 0.777. The van der Waals surface area contributed by atoms with E-state index in [1.54, 1.807) is 23.1 Å². The number of rotatable bonds is 3. The summed E-state index contributed by atoms with van der Waals surface area (Å²) in [5.74, 6) is -1.39. The monoisotopic (exact) mass is 329 g/mol. The zero-order chi connectivity index (χ0) is 15.6. The molecule has 0 radical (unpaired) electrons. The molecule has 6 heteroatoms. The summed E-state index contributed by atoms with van der Waals surface area (Å²) in [4.78, 5) is 25.2. The number of benzene rings is 1. The molecule has 1 aromatic rings. The van der Waals surface area contributed by atoms with Crippen LogP contribution in [-0.2, 0) is 16.0 Å². The van der Waals surface area contributed by atoms with Crippen molar-refractivity contribution >= 4 is 35.1 Å². The molecule has 0 spiro atoms. The number of carbonyl (C=O) groups is 2. The van der Waals surface area contributed by atoms with Crippen molar-refractivity contribution in [3.05, 3.63) is 33.8 Å². The fourth-order valence-corrected chi connectivity index (χ4v) is 2.90. The Labute approximate surface area is 133 Å². The fraction of sp³-hybridized carbons (Fsp3) is 0.467. The maximum atomic E-state index is 12.4. The van der Waals surface area contributed by atoms with Crippen LogP contribution >= 0.6 is 23.2 Å². The molecule has 1 heterocycles. The van der Waals surface area contributed by atoms with Crippen LogP contribution in [0.5, 0.6) is 0 Å². The predicted molar refractivity (Wildman–Crippen MR) is 81.7 cm³/mol. The van der Waals surface area contributed by atoms with E-state index >= 15 is 0 Å². The molecule has 0 unspecified atom stereocenters. The lowest BCUT2D eigenvalue weighted by atomic mass is 9.93. The van der Waals surface area contributed by atoms with Gasteiger partial charge in [0, 0.05) is 12.6 Å². The number of carboxylic acid groups (broad SMARTS) is 1. The zero-order valence-electron chi connectivity index (χ0n) is 11.7. The van der Waals surface area contributed by atoms with Gasteiger partial charge in [-0.25, -0.2) is 0 Å². The van der Waals surface area contributed by atoms with Crippen LogP contribution in [0.4, 0.5) is 0 Å². The van der Waals surface area contributed by atoms with Gasteiger partial charge in [-0.2, -0.15) is 0 Å². The molecule has 1 aliphatic heterocycles. The van der Waals surface area contributed by atoms with Crippen molar-refractivity contribution in [2.24, 2.45) is 5.92 Å². The van der Waals surface area contributed by atoms with Gasteiger partial charge in [0.25, 0.3) is 0 Å². The van der Waals surface area contributed by atoms with E-state index < -0.39 is 11.9 Å². The van der Waals surface area contributed by atoms with Gasteiger partial charge in [-0.1, -0.05) is 29.3 Å². The standard InChI is InChI=1S/C15H17Cl2NO3/c1-9-2-4-11(15(20)21)8-18(9)14(19)7-10-3-5-12(16)13(17)6-10/h3,5-6,9,11H,2,4,7-8H2,1H3,(H,20,21)/t9-,11+/m0/s1. The molecule has 2 atom stereocenters. The number of amides is 1. The number of aliphatic carboxylic acids is 1. The Bertz CT molecular complexity index is 562. The van der Waals surface area contributed by atoms with Gasteiger partial charge in [0.2, 0.25) is 5.91 Å². The summed E-state index contributed by atoms with van der Waals surface area (Å²) in [7, 11) is 0. The first kappa shape index (κ1) is 16.1. The third kappa shape index (κ3) is 3.89. The summed E-state index contributed by atoms with van der Waals surface area (Å²) in [6.45, 7) is 2.22. The van der Waals surface area contributed by atoms with Crippen molar-refractivity contribution in [2.45, 2.75) is 32.2 Å². The number of hydrogen-bond donors (Lipinski definition) is 1. The topological polar surface area (TPSA) is 57.6 Å². The van der Waals surface area contributed by atoms with Gasteiger partial charge in [-0.05, 0) is 37.5 Å². The maximum Gasteiger partial charge on any atom is 0.308 e. The second-order valence-corrected chi connectivity index (χ2v) is 6.25. The molecule has 0 saturated carbocycles. The maximum absolute atomic E-state index is 12.4. The Morgan fingerprint density at radius 1 is 1.29 bits per heavy atom. The van der Waals surface area contributed by atoms with Crippen molar-refractivity contribution in [3.63, 3.8) is 0 Å². The van der Waals surface area contributed by atoms with Crippen molar-refractivity contribution in [1.29, 1.82) is 0 Å². The number of halogens is 2. The van der Waals surface area contributed by atoms with Gasteiger partial charge in [0.15, 0.2) is 0 Å². The van der Waals surface area contributed by atoms with Crippen LogP contribution in [0.2, 0.25) is 10.0 Å². The van der Waals surface area contributed by atoms with Crippen molar-refractivity contribution < 1.29 is 14.7 Å². The van der Waals surface area contributed by atoms with Gasteiger partial charge >= 0.3 is 5.97 Å². The van der Waals surface area contributed by atoms with E-state index in [1.165, 1.54) is 0 Å². The first-order valence-electron chi connectivity index (χ1n) is 6.84. The average molecular weight is 330 g/mol. The lowest BCUT2D eigenvalue weighted by molar-refractivity contribution is -0.146. The predicted octanol–water partition coefficient (Wildman–Crippen LogP) is 3.25. The van der Waals surface area contributed by atoms with Gasteiger partial charge in [-0.3, -0.25) is 9.59 Å². The third-order valence-electron chi connectivity index (χ3n) is 3.89. The third-order valence-corrected chi connectivity index (χ3v) is 4.63. The smallest absolute Gasteiger partial charge is 0.308 e. The van der Waals surface area contributed by atoms with Crippen molar-refractivity contribution in [1.82, 2.24) is 4.90 Å². The summed E-state index contributed by atoms with van der Waals surface area (Å²) in [6, 6.07) is 5.16. The summed E-state index contributed by atoms with van der Waals surface area (Å²) in [6.07, 6.45) is 1.53. The molecule has 4 nitrogen and oxygen atoms in total. The summed E-state index contributed by atoms with van der Waals surface area (Å²) in [5, 5.41) is 9.97. The molecule has 1 fully saturated rings. The van der Waals surface area contributed by atoms with Crippen molar-refractivity contribution in [2.75, 3.05) is 6.54 Å². The molecule has 21 heavy (non-hydrogen) atoms.